The Hall–Kier alpha value is -4.80. The number of hydrogen-bond acceptors (Lipinski definition) is 9. The van der Waals surface area contributed by atoms with Crippen LogP contribution in [0.3, 0.4) is 0 Å². The molecule has 3 fully saturated rings. The number of benzene rings is 3. The summed E-state index contributed by atoms with van der Waals surface area (Å²) in [5, 5.41) is 32.6. The molecule has 9 heteroatoms. The quantitative estimate of drug-likeness (QED) is 0.0374. The third-order valence-electron chi connectivity index (χ3n) is 15.5. The zero-order valence-corrected chi connectivity index (χ0v) is 38.5. The van der Waals surface area contributed by atoms with Gasteiger partial charge in [0.25, 0.3) is 0 Å². The van der Waals surface area contributed by atoms with Gasteiger partial charge >= 0.3 is 0 Å². The monoisotopic (exact) mass is 881 g/mol. The number of aliphatic hydroxyl groups excluding tert-OH is 1. The summed E-state index contributed by atoms with van der Waals surface area (Å²) >= 11 is 0. The SMILES string of the molecule is COc1cc(C(=CC(=O)CC(=O)CCCC2(CC3C4CCNCC4CC4C=CCNC43)CCCC2)CO)c(CC2=CNC(N)C=C2CCc2cccc(CCc3ccccc3)c2)cc1O. The number of carbonyl (C=O) groups is 2. The Morgan fingerprint density at radius 1 is 0.954 bits per heavy atom. The number of ketones is 2. The van der Waals surface area contributed by atoms with Crippen LogP contribution in [0.15, 0.2) is 108 Å². The van der Waals surface area contributed by atoms with Crippen molar-refractivity contribution in [3.63, 3.8) is 0 Å². The molecule has 0 amide bonds. The van der Waals surface area contributed by atoms with Crippen LogP contribution in [0.1, 0.15) is 105 Å². The van der Waals surface area contributed by atoms with E-state index in [0.29, 0.717) is 41.9 Å². The largest absolute Gasteiger partial charge is 0.504 e. The summed E-state index contributed by atoms with van der Waals surface area (Å²) in [6, 6.07) is 23.2. The van der Waals surface area contributed by atoms with E-state index < -0.39 is 6.61 Å². The Balaban J connectivity index is 0.901. The van der Waals surface area contributed by atoms with Crippen LogP contribution in [0.25, 0.3) is 5.57 Å². The van der Waals surface area contributed by atoms with Crippen molar-refractivity contribution in [1.29, 1.82) is 0 Å². The molecule has 346 valence electrons. The van der Waals surface area contributed by atoms with E-state index in [1.807, 2.05) is 18.3 Å². The number of phenols is 1. The minimum atomic E-state index is -0.416. The molecule has 2 aliphatic carbocycles. The molecule has 1 saturated heterocycles. The maximum absolute atomic E-state index is 13.6. The van der Waals surface area contributed by atoms with Crippen molar-refractivity contribution < 1.29 is 24.5 Å². The zero-order chi connectivity index (χ0) is 45.2. The van der Waals surface area contributed by atoms with Crippen molar-refractivity contribution in [2.24, 2.45) is 34.8 Å². The molecule has 6 unspecified atom stereocenters. The van der Waals surface area contributed by atoms with Crippen molar-refractivity contribution in [3.05, 3.63) is 136 Å². The summed E-state index contributed by atoms with van der Waals surface area (Å²) in [6.45, 7) is 2.80. The molecule has 0 bridgehead atoms. The first-order chi connectivity index (χ1) is 31.7. The van der Waals surface area contributed by atoms with Crippen LogP contribution in [0.5, 0.6) is 11.5 Å². The zero-order valence-electron chi connectivity index (χ0n) is 38.5. The number of ether oxygens (including phenoxy) is 1. The highest BCUT2D eigenvalue weighted by molar-refractivity contribution is 6.07. The van der Waals surface area contributed by atoms with Gasteiger partial charge in [-0.15, -0.1) is 0 Å². The Kier molecular flexibility index (Phi) is 15.9. The molecule has 3 aromatic rings. The number of dihydropyridines is 1. The predicted octanol–water partition coefficient (Wildman–Crippen LogP) is 8.47. The van der Waals surface area contributed by atoms with Gasteiger partial charge in [-0.05, 0) is 188 Å². The van der Waals surface area contributed by atoms with Gasteiger partial charge in [0, 0.05) is 25.2 Å². The van der Waals surface area contributed by atoms with Gasteiger partial charge < -0.3 is 36.6 Å². The van der Waals surface area contributed by atoms with E-state index in [1.165, 1.54) is 74.8 Å². The molecule has 0 radical (unpaired) electrons. The van der Waals surface area contributed by atoms with Gasteiger partial charge in [-0.3, -0.25) is 9.59 Å². The number of aliphatic hydroxyl groups is 1. The molecule has 3 aliphatic heterocycles. The highest BCUT2D eigenvalue weighted by Crippen LogP contribution is 2.53. The van der Waals surface area contributed by atoms with Crippen LogP contribution in [0.2, 0.25) is 0 Å². The number of rotatable bonds is 20. The Bertz CT molecular complexity index is 2240. The van der Waals surface area contributed by atoms with Gasteiger partial charge in [0.2, 0.25) is 0 Å². The minimum Gasteiger partial charge on any atom is -0.504 e. The molecule has 0 spiro atoms. The number of fused-ring (bicyclic) bond motifs is 2. The third-order valence-corrected chi connectivity index (χ3v) is 15.5. The van der Waals surface area contributed by atoms with E-state index >= 15 is 0 Å². The second kappa shape index (κ2) is 22.1. The molecule has 7 N–H and O–H groups in total. The summed E-state index contributed by atoms with van der Waals surface area (Å²) in [6.07, 6.45) is 24.6. The summed E-state index contributed by atoms with van der Waals surface area (Å²) in [7, 11) is 1.48. The van der Waals surface area contributed by atoms with Crippen LogP contribution in [0.4, 0.5) is 0 Å². The van der Waals surface area contributed by atoms with Crippen molar-refractivity contribution in [2.45, 2.75) is 115 Å². The van der Waals surface area contributed by atoms with E-state index in [0.717, 1.165) is 86.7 Å². The lowest BCUT2D eigenvalue weighted by atomic mass is 9.57. The average Bonchev–Trinajstić information content (AvgIpc) is 3.79. The van der Waals surface area contributed by atoms with Gasteiger partial charge in [0.05, 0.1) is 26.3 Å². The lowest BCUT2D eigenvalue weighted by molar-refractivity contribution is -0.124. The number of allylic oxidation sites excluding steroid dienone is 3. The molecular formula is C56H72N4O5. The number of nitrogens with two attached hydrogens (primary N) is 1. The smallest absolute Gasteiger partial charge is 0.163 e. The van der Waals surface area contributed by atoms with Crippen LogP contribution >= 0.6 is 0 Å². The topological polar surface area (TPSA) is 146 Å². The number of carbonyl (C=O) groups excluding carboxylic acids is 2. The minimum absolute atomic E-state index is 0.0327. The van der Waals surface area contributed by atoms with E-state index in [-0.39, 0.29) is 41.1 Å². The average molecular weight is 881 g/mol. The van der Waals surface area contributed by atoms with Crippen LogP contribution < -0.4 is 26.4 Å². The maximum Gasteiger partial charge on any atom is 0.163 e. The standard InChI is InChI=1S/C56H72N4O5/c1-65-53-33-50(43(30-52(53)64)28-44-36-60-54(57)31-41(44)19-18-40-13-7-12-39(26-40)17-16-38-10-3-2-4-11-38)46(37-61)29-48(63)32-47(62)15-8-23-56(21-5-6-22-56)34-51-49-20-25-58-35-45(49)27-42-14-9-24-59-55(42)51/h2-4,7,9-14,26,29-31,33,36,42,45,49,51,54-55,58-61,64H,5-6,8,15-25,27-28,32,34-35,37,57H2,1H3. The number of aryl methyl sites for hydroxylation is 3. The first-order valence-electron chi connectivity index (χ1n) is 24.6. The van der Waals surface area contributed by atoms with Gasteiger partial charge in [-0.25, -0.2) is 0 Å². The van der Waals surface area contributed by atoms with Crippen molar-refractivity contribution in [3.8, 4) is 11.5 Å². The van der Waals surface area contributed by atoms with Crippen molar-refractivity contribution in [1.82, 2.24) is 16.0 Å². The molecule has 3 aromatic carbocycles. The summed E-state index contributed by atoms with van der Waals surface area (Å²) < 4.78 is 5.50. The molecular weight excluding hydrogens is 809 g/mol. The normalized spacial score (nSPS) is 24.9. The van der Waals surface area contributed by atoms with Gasteiger partial charge in [0.1, 0.15) is 5.78 Å². The van der Waals surface area contributed by atoms with E-state index in [9.17, 15) is 19.8 Å². The van der Waals surface area contributed by atoms with Crippen LogP contribution in [-0.4, -0.2) is 67.3 Å². The molecule has 0 aromatic heterocycles. The number of hydrogen-bond donors (Lipinski definition) is 6. The molecule has 65 heavy (non-hydrogen) atoms. The number of aromatic hydroxyl groups is 1. The van der Waals surface area contributed by atoms with Gasteiger partial charge in [0.15, 0.2) is 17.3 Å². The highest BCUT2D eigenvalue weighted by Gasteiger charge is 2.48. The third kappa shape index (κ3) is 12.0. The second-order valence-electron chi connectivity index (χ2n) is 19.8. The van der Waals surface area contributed by atoms with E-state index in [4.69, 9.17) is 10.5 Å². The number of Topliss-reactive ketones (excluding diaryl/α,β-unsaturated/α-hetero) is 1. The summed E-state index contributed by atoms with van der Waals surface area (Å²) in [5.41, 5.74) is 14.3. The first kappa shape index (κ1) is 46.7. The molecule has 3 heterocycles. The van der Waals surface area contributed by atoms with Gasteiger partial charge in [-0.2, -0.15) is 0 Å². The lowest BCUT2D eigenvalue weighted by Crippen LogP contribution is -2.56. The Labute approximate surface area is 387 Å². The predicted molar refractivity (Wildman–Crippen MR) is 260 cm³/mol. The maximum atomic E-state index is 13.6. The fourth-order valence-electron chi connectivity index (χ4n) is 12.3. The molecule has 9 nitrogen and oxygen atoms in total. The Morgan fingerprint density at radius 3 is 2.51 bits per heavy atom. The Morgan fingerprint density at radius 2 is 1.72 bits per heavy atom. The summed E-state index contributed by atoms with van der Waals surface area (Å²) in [4.78, 5) is 27.1. The first-order valence-corrected chi connectivity index (χ1v) is 24.6. The molecule has 6 atom stereocenters. The number of methoxy groups -OCH3 is 1. The molecule has 5 aliphatic rings. The fraction of sp³-hybridized carbons (Fsp3) is 0.500. The fourth-order valence-corrected chi connectivity index (χ4v) is 12.3. The molecule has 8 rings (SSSR count). The lowest BCUT2D eigenvalue weighted by Gasteiger charge is -2.52. The molecule has 2 saturated carbocycles. The number of piperidine rings is 1. The highest BCUT2D eigenvalue weighted by atomic mass is 16.5. The second-order valence-corrected chi connectivity index (χ2v) is 19.8. The van der Waals surface area contributed by atoms with E-state index in [1.54, 1.807) is 12.1 Å². The van der Waals surface area contributed by atoms with Crippen molar-refractivity contribution in [2.75, 3.05) is 33.4 Å². The van der Waals surface area contributed by atoms with Crippen LogP contribution in [0, 0.1) is 29.1 Å². The van der Waals surface area contributed by atoms with E-state index in [2.05, 4.69) is 76.6 Å². The van der Waals surface area contributed by atoms with Gasteiger partial charge in [-0.1, -0.05) is 79.6 Å². The van der Waals surface area contributed by atoms with Crippen molar-refractivity contribution >= 4 is 17.1 Å². The number of nitrogens with one attached hydrogen (secondary N) is 3. The summed E-state index contributed by atoms with van der Waals surface area (Å²) in [5.74, 6) is 2.60. The van der Waals surface area contributed by atoms with Crippen LogP contribution in [-0.2, 0) is 35.3 Å². The number of phenolic OH excluding ortho intramolecular Hbond substituents is 1.